The Hall–Kier alpha value is -1.11. The fraction of sp³-hybridized carbons (Fsp3) is 0.818. The topological polar surface area (TPSA) is 100 Å². The van der Waals surface area contributed by atoms with E-state index in [1.165, 1.54) is 6.92 Å². The molecule has 0 aliphatic rings. The van der Waals surface area contributed by atoms with Crippen LogP contribution in [0.1, 0.15) is 27.7 Å². The Bertz CT molecular complexity index is 351. The molecule has 20 heavy (non-hydrogen) atoms. The maximum atomic E-state index is 12.6. The highest BCUT2D eigenvalue weighted by Gasteiger charge is 2.38. The molecule has 0 heterocycles. The lowest BCUT2D eigenvalue weighted by Gasteiger charge is -2.26. The molecule has 0 saturated heterocycles. The van der Waals surface area contributed by atoms with Gasteiger partial charge in [0, 0.05) is 6.92 Å². The predicted molar refractivity (Wildman–Crippen MR) is 71.4 cm³/mol. The smallest absolute Gasteiger partial charge is 0.407 e. The molecule has 1 unspecified atom stereocenters. The van der Waals surface area contributed by atoms with Crippen molar-refractivity contribution < 1.29 is 32.7 Å². The van der Waals surface area contributed by atoms with Crippen LogP contribution >= 0.6 is 7.60 Å². The Morgan fingerprint density at radius 1 is 1.05 bits per heavy atom. The first kappa shape index (κ1) is 18.9. The second kappa shape index (κ2) is 9.74. The molecule has 0 aliphatic carbocycles. The summed E-state index contributed by atoms with van der Waals surface area (Å²) in [6.07, 6.45) is -0.788. The molecule has 0 rings (SSSR count). The minimum absolute atomic E-state index is 0.123. The molecule has 0 spiro atoms. The summed E-state index contributed by atoms with van der Waals surface area (Å²) in [6, 6.07) is 0. The molecule has 0 saturated carbocycles. The Kier molecular flexibility index (Phi) is 9.20. The summed E-state index contributed by atoms with van der Waals surface area (Å²) < 4.78 is 32.3. The Morgan fingerprint density at radius 2 is 1.60 bits per heavy atom. The number of nitrogens with one attached hydrogen (secondary N) is 1. The SMILES string of the molecule is CCOC(=O)NC(COC(C)=O)P(=O)(OCC)OCC. The number of hydrogen-bond acceptors (Lipinski definition) is 7. The molecular weight excluding hydrogens is 289 g/mol. The summed E-state index contributed by atoms with van der Waals surface area (Å²) in [7, 11) is -3.65. The van der Waals surface area contributed by atoms with Gasteiger partial charge >= 0.3 is 19.7 Å². The minimum Gasteiger partial charge on any atom is -0.463 e. The van der Waals surface area contributed by atoms with E-state index in [0.717, 1.165) is 0 Å². The third kappa shape index (κ3) is 6.88. The van der Waals surface area contributed by atoms with Gasteiger partial charge in [0.25, 0.3) is 0 Å². The summed E-state index contributed by atoms with van der Waals surface area (Å²) in [5.41, 5.74) is 0. The second-order valence-corrected chi connectivity index (χ2v) is 5.78. The molecule has 1 atom stereocenters. The lowest BCUT2D eigenvalue weighted by molar-refractivity contribution is -0.141. The molecule has 0 aromatic heterocycles. The quantitative estimate of drug-likeness (QED) is 0.512. The first-order valence-electron chi connectivity index (χ1n) is 6.35. The van der Waals surface area contributed by atoms with Gasteiger partial charge < -0.3 is 23.8 Å². The summed E-state index contributed by atoms with van der Waals surface area (Å²) in [5.74, 6) is -1.69. The van der Waals surface area contributed by atoms with Crippen molar-refractivity contribution in [1.82, 2.24) is 5.32 Å². The molecule has 0 aromatic carbocycles. The Morgan fingerprint density at radius 3 is 2.00 bits per heavy atom. The first-order valence-corrected chi connectivity index (χ1v) is 7.96. The number of ether oxygens (including phenoxy) is 2. The number of amides is 1. The van der Waals surface area contributed by atoms with Gasteiger partial charge in [-0.15, -0.1) is 0 Å². The van der Waals surface area contributed by atoms with E-state index in [4.69, 9.17) is 18.5 Å². The first-order chi connectivity index (χ1) is 9.39. The van der Waals surface area contributed by atoms with Crippen LogP contribution < -0.4 is 5.32 Å². The van der Waals surface area contributed by atoms with E-state index >= 15 is 0 Å². The molecule has 9 heteroatoms. The van der Waals surface area contributed by atoms with Crippen LogP contribution in [0, 0.1) is 0 Å². The highest BCUT2D eigenvalue weighted by Crippen LogP contribution is 2.52. The predicted octanol–water partition coefficient (Wildman–Crippen LogP) is 1.89. The molecule has 8 nitrogen and oxygen atoms in total. The molecule has 1 N–H and O–H groups in total. The average molecular weight is 311 g/mol. The maximum absolute atomic E-state index is 12.6. The van der Waals surface area contributed by atoms with Crippen molar-refractivity contribution in [2.24, 2.45) is 0 Å². The van der Waals surface area contributed by atoms with E-state index in [1.807, 2.05) is 0 Å². The van der Waals surface area contributed by atoms with E-state index in [9.17, 15) is 14.2 Å². The Labute approximate surface area is 118 Å². The molecule has 118 valence electrons. The van der Waals surface area contributed by atoms with Crippen molar-refractivity contribution in [3.8, 4) is 0 Å². The summed E-state index contributed by atoms with van der Waals surface area (Å²) in [6.45, 7) is 6.18. The van der Waals surface area contributed by atoms with Crippen LogP contribution in [0.5, 0.6) is 0 Å². The lowest BCUT2D eigenvalue weighted by Crippen LogP contribution is -2.40. The third-order valence-corrected chi connectivity index (χ3v) is 4.28. The van der Waals surface area contributed by atoms with Crippen LogP contribution in [0.3, 0.4) is 0 Å². The Balaban J connectivity index is 4.97. The fourth-order valence-corrected chi connectivity index (χ4v) is 2.97. The number of carbonyl (C=O) groups is 2. The van der Waals surface area contributed by atoms with Crippen molar-refractivity contribution >= 4 is 19.7 Å². The maximum Gasteiger partial charge on any atom is 0.407 e. The van der Waals surface area contributed by atoms with Gasteiger partial charge in [-0.2, -0.15) is 0 Å². The van der Waals surface area contributed by atoms with Crippen LogP contribution in [0.15, 0.2) is 0 Å². The van der Waals surface area contributed by atoms with Crippen LogP contribution in [0.2, 0.25) is 0 Å². The van der Waals surface area contributed by atoms with Crippen molar-refractivity contribution in [2.75, 3.05) is 26.4 Å². The standard InChI is InChI=1S/C11H22NO7P/c1-5-16-11(14)12-10(8-17-9(4)13)20(15,18-6-2)19-7-3/h10H,5-8H2,1-4H3,(H,12,14). The number of hydrogen-bond donors (Lipinski definition) is 1. The van der Waals surface area contributed by atoms with Crippen LogP contribution in [0.4, 0.5) is 4.79 Å². The van der Waals surface area contributed by atoms with Crippen molar-refractivity contribution in [2.45, 2.75) is 33.5 Å². The van der Waals surface area contributed by atoms with Gasteiger partial charge in [-0.25, -0.2) is 4.79 Å². The molecule has 0 radical (unpaired) electrons. The minimum atomic E-state index is -3.65. The van der Waals surface area contributed by atoms with Gasteiger partial charge in [0.15, 0.2) is 5.78 Å². The van der Waals surface area contributed by atoms with Gasteiger partial charge in [0.1, 0.15) is 6.61 Å². The van der Waals surface area contributed by atoms with E-state index in [1.54, 1.807) is 20.8 Å². The zero-order chi connectivity index (χ0) is 15.6. The highest BCUT2D eigenvalue weighted by atomic mass is 31.2. The fourth-order valence-electron chi connectivity index (χ4n) is 1.29. The monoisotopic (exact) mass is 311 g/mol. The van der Waals surface area contributed by atoms with E-state index in [-0.39, 0.29) is 26.4 Å². The van der Waals surface area contributed by atoms with Gasteiger partial charge in [-0.1, -0.05) is 0 Å². The zero-order valence-corrected chi connectivity index (χ0v) is 13.1. The largest absolute Gasteiger partial charge is 0.463 e. The van der Waals surface area contributed by atoms with Crippen LogP contribution in [-0.4, -0.2) is 44.3 Å². The molecule has 1 amide bonds. The summed E-state index contributed by atoms with van der Waals surface area (Å²) >= 11 is 0. The zero-order valence-electron chi connectivity index (χ0n) is 12.2. The molecule has 0 aromatic rings. The van der Waals surface area contributed by atoms with E-state index < -0.39 is 25.4 Å². The number of carbonyl (C=O) groups excluding carboxylic acids is 2. The van der Waals surface area contributed by atoms with Gasteiger partial charge in [0.05, 0.1) is 19.8 Å². The lowest BCUT2D eigenvalue weighted by atomic mass is 10.6. The number of alkyl carbamates (subject to hydrolysis) is 1. The van der Waals surface area contributed by atoms with Crippen molar-refractivity contribution in [3.63, 3.8) is 0 Å². The summed E-state index contributed by atoms with van der Waals surface area (Å²) in [4.78, 5) is 22.3. The highest BCUT2D eigenvalue weighted by molar-refractivity contribution is 7.54. The normalized spacial score (nSPS) is 12.6. The molecule has 0 bridgehead atoms. The second-order valence-electron chi connectivity index (χ2n) is 3.56. The average Bonchev–Trinajstić information content (AvgIpc) is 2.35. The van der Waals surface area contributed by atoms with Gasteiger partial charge in [-0.05, 0) is 20.8 Å². The van der Waals surface area contributed by atoms with E-state index in [2.05, 4.69) is 5.32 Å². The third-order valence-electron chi connectivity index (χ3n) is 2.00. The molecular formula is C11H22NO7P. The van der Waals surface area contributed by atoms with Gasteiger partial charge in [-0.3, -0.25) is 9.36 Å². The van der Waals surface area contributed by atoms with Crippen LogP contribution in [-0.2, 0) is 27.9 Å². The van der Waals surface area contributed by atoms with E-state index in [0.29, 0.717) is 0 Å². The van der Waals surface area contributed by atoms with Crippen molar-refractivity contribution in [3.05, 3.63) is 0 Å². The number of rotatable bonds is 9. The molecule has 0 aliphatic heterocycles. The van der Waals surface area contributed by atoms with Crippen LogP contribution in [0.25, 0.3) is 0 Å². The van der Waals surface area contributed by atoms with Gasteiger partial charge in [0.2, 0.25) is 0 Å². The van der Waals surface area contributed by atoms with Crippen molar-refractivity contribution in [1.29, 1.82) is 0 Å². The number of esters is 1. The summed E-state index contributed by atoms with van der Waals surface area (Å²) in [5, 5.41) is 2.33. The molecule has 0 fully saturated rings.